The lowest BCUT2D eigenvalue weighted by Gasteiger charge is -2.16. The van der Waals surface area contributed by atoms with Crippen molar-refractivity contribution < 1.29 is 0 Å². The minimum absolute atomic E-state index is 0.553. The van der Waals surface area contributed by atoms with Gasteiger partial charge in [-0.2, -0.15) is 0 Å². The maximum absolute atomic E-state index is 6.40. The zero-order valence-corrected chi connectivity index (χ0v) is 13.4. The summed E-state index contributed by atoms with van der Waals surface area (Å²) in [6, 6.07) is 12.6. The van der Waals surface area contributed by atoms with Crippen molar-refractivity contribution in [1.29, 1.82) is 0 Å². The Morgan fingerprint density at radius 3 is 1.95 bits per heavy atom. The van der Waals surface area contributed by atoms with Gasteiger partial charge in [0, 0.05) is 50.3 Å². The number of benzene rings is 2. The molecule has 0 bridgehead atoms. The number of hydrogen-bond acceptors (Lipinski definition) is 3. The van der Waals surface area contributed by atoms with E-state index in [1.807, 2.05) is 28.2 Å². The van der Waals surface area contributed by atoms with Gasteiger partial charge in [-0.05, 0) is 29.7 Å². The van der Waals surface area contributed by atoms with Crippen LogP contribution in [0.2, 0.25) is 5.15 Å². The van der Waals surface area contributed by atoms with E-state index in [0.29, 0.717) is 5.15 Å². The van der Waals surface area contributed by atoms with Gasteiger partial charge < -0.3 is 9.80 Å². The fourth-order valence-electron chi connectivity index (χ4n) is 2.50. The van der Waals surface area contributed by atoms with Crippen molar-refractivity contribution in [3.05, 3.63) is 41.6 Å². The predicted molar refractivity (Wildman–Crippen MR) is 92.9 cm³/mol. The molecule has 0 N–H and O–H groups in total. The molecule has 3 aromatic rings. The van der Waals surface area contributed by atoms with E-state index in [4.69, 9.17) is 11.6 Å². The quantitative estimate of drug-likeness (QED) is 0.523. The third-order valence-corrected chi connectivity index (χ3v) is 4.04. The van der Waals surface area contributed by atoms with Gasteiger partial charge in [0.1, 0.15) is 5.15 Å². The zero-order valence-electron chi connectivity index (χ0n) is 12.7. The van der Waals surface area contributed by atoms with E-state index in [0.717, 1.165) is 33.1 Å². The van der Waals surface area contributed by atoms with Gasteiger partial charge in [0.25, 0.3) is 0 Å². The summed E-state index contributed by atoms with van der Waals surface area (Å²) in [5.41, 5.74) is 3.17. The fraction of sp³-hybridized carbons (Fsp3) is 0.235. The van der Waals surface area contributed by atoms with Gasteiger partial charge in [0.2, 0.25) is 0 Å². The van der Waals surface area contributed by atoms with Crippen LogP contribution >= 0.6 is 11.6 Å². The molecular formula is C17H18ClN3. The molecule has 3 nitrogen and oxygen atoms in total. The van der Waals surface area contributed by atoms with Crippen molar-refractivity contribution in [3.63, 3.8) is 0 Å². The Hall–Kier alpha value is -2.00. The molecule has 0 aliphatic heterocycles. The summed E-state index contributed by atoms with van der Waals surface area (Å²) < 4.78 is 0. The van der Waals surface area contributed by atoms with Crippen LogP contribution in [0.15, 0.2) is 36.4 Å². The first kappa shape index (κ1) is 14.0. The molecule has 0 unspecified atom stereocenters. The van der Waals surface area contributed by atoms with Gasteiger partial charge in [0.05, 0.1) is 5.52 Å². The standard InChI is InChI=1S/C17H18ClN3/c1-20(2)11-5-7-13-14-8-6-12(21(3)4)10-16(14)19-17(18)15(13)9-11/h5-10H,1-4H3. The third kappa shape index (κ3) is 2.38. The van der Waals surface area contributed by atoms with Crippen molar-refractivity contribution in [2.45, 2.75) is 0 Å². The molecule has 0 aliphatic rings. The number of anilines is 2. The van der Waals surface area contributed by atoms with Crippen molar-refractivity contribution in [3.8, 4) is 0 Å². The molecular weight excluding hydrogens is 282 g/mol. The number of rotatable bonds is 2. The smallest absolute Gasteiger partial charge is 0.137 e. The zero-order chi connectivity index (χ0) is 15.1. The molecule has 0 spiro atoms. The SMILES string of the molecule is CN(C)c1ccc2c(c1)nc(Cl)c1cc(N(C)C)ccc12. The molecule has 1 aromatic heterocycles. The second kappa shape index (κ2) is 5.08. The summed E-state index contributed by atoms with van der Waals surface area (Å²) in [6.45, 7) is 0. The van der Waals surface area contributed by atoms with Crippen LogP contribution in [0.1, 0.15) is 0 Å². The van der Waals surface area contributed by atoms with Crippen LogP contribution in [0, 0.1) is 0 Å². The predicted octanol–water partition coefficient (Wildman–Crippen LogP) is 4.17. The third-order valence-electron chi connectivity index (χ3n) is 3.75. The van der Waals surface area contributed by atoms with E-state index in [2.05, 4.69) is 51.2 Å². The highest BCUT2D eigenvalue weighted by atomic mass is 35.5. The largest absolute Gasteiger partial charge is 0.378 e. The summed E-state index contributed by atoms with van der Waals surface area (Å²) >= 11 is 6.40. The Morgan fingerprint density at radius 2 is 1.33 bits per heavy atom. The molecule has 0 amide bonds. The second-order valence-corrected chi connectivity index (χ2v) is 5.98. The number of pyridine rings is 1. The molecule has 2 aromatic carbocycles. The summed E-state index contributed by atoms with van der Waals surface area (Å²) in [4.78, 5) is 8.70. The number of aromatic nitrogens is 1. The second-order valence-electron chi connectivity index (χ2n) is 5.62. The van der Waals surface area contributed by atoms with Gasteiger partial charge in [-0.25, -0.2) is 4.98 Å². The van der Waals surface area contributed by atoms with E-state index in [1.165, 1.54) is 0 Å². The first-order valence-electron chi connectivity index (χ1n) is 6.85. The molecule has 108 valence electrons. The number of fused-ring (bicyclic) bond motifs is 3. The van der Waals surface area contributed by atoms with Gasteiger partial charge in [-0.1, -0.05) is 23.7 Å². The monoisotopic (exact) mass is 299 g/mol. The van der Waals surface area contributed by atoms with E-state index >= 15 is 0 Å². The Balaban J connectivity index is 2.33. The van der Waals surface area contributed by atoms with Gasteiger partial charge in [0.15, 0.2) is 0 Å². The highest BCUT2D eigenvalue weighted by Gasteiger charge is 2.09. The summed E-state index contributed by atoms with van der Waals surface area (Å²) in [5, 5.41) is 3.82. The maximum atomic E-state index is 6.40. The average Bonchev–Trinajstić information content (AvgIpc) is 2.46. The van der Waals surface area contributed by atoms with Crippen LogP contribution in [0.5, 0.6) is 0 Å². The van der Waals surface area contributed by atoms with Crippen LogP contribution in [-0.2, 0) is 0 Å². The first-order chi connectivity index (χ1) is 9.97. The lowest BCUT2D eigenvalue weighted by atomic mass is 10.1. The summed E-state index contributed by atoms with van der Waals surface area (Å²) in [7, 11) is 8.08. The number of halogens is 1. The first-order valence-corrected chi connectivity index (χ1v) is 7.23. The Labute approximate surface area is 129 Å². The molecule has 4 heteroatoms. The minimum Gasteiger partial charge on any atom is -0.378 e. The minimum atomic E-state index is 0.553. The van der Waals surface area contributed by atoms with Crippen molar-refractivity contribution >= 4 is 44.7 Å². The molecule has 0 aliphatic carbocycles. The van der Waals surface area contributed by atoms with E-state index in [9.17, 15) is 0 Å². The van der Waals surface area contributed by atoms with Crippen LogP contribution in [0.4, 0.5) is 11.4 Å². The van der Waals surface area contributed by atoms with Crippen molar-refractivity contribution in [2.24, 2.45) is 0 Å². The Morgan fingerprint density at radius 1 is 0.762 bits per heavy atom. The maximum Gasteiger partial charge on any atom is 0.137 e. The van der Waals surface area contributed by atoms with Gasteiger partial charge in [-0.3, -0.25) is 0 Å². The summed E-state index contributed by atoms with van der Waals surface area (Å²) in [5.74, 6) is 0. The number of nitrogens with zero attached hydrogens (tertiary/aromatic N) is 3. The molecule has 0 atom stereocenters. The molecule has 21 heavy (non-hydrogen) atoms. The highest BCUT2D eigenvalue weighted by molar-refractivity contribution is 6.36. The van der Waals surface area contributed by atoms with Gasteiger partial charge >= 0.3 is 0 Å². The van der Waals surface area contributed by atoms with Crippen LogP contribution in [0.25, 0.3) is 21.7 Å². The van der Waals surface area contributed by atoms with Crippen molar-refractivity contribution in [1.82, 2.24) is 4.98 Å². The van der Waals surface area contributed by atoms with E-state index < -0.39 is 0 Å². The molecule has 3 rings (SSSR count). The van der Waals surface area contributed by atoms with Crippen LogP contribution in [-0.4, -0.2) is 33.2 Å². The molecule has 1 heterocycles. The van der Waals surface area contributed by atoms with Gasteiger partial charge in [-0.15, -0.1) is 0 Å². The Kier molecular flexibility index (Phi) is 3.38. The lowest BCUT2D eigenvalue weighted by molar-refractivity contribution is 1.13. The van der Waals surface area contributed by atoms with E-state index in [1.54, 1.807) is 0 Å². The van der Waals surface area contributed by atoms with E-state index in [-0.39, 0.29) is 0 Å². The summed E-state index contributed by atoms with van der Waals surface area (Å²) in [6.07, 6.45) is 0. The normalized spacial score (nSPS) is 11.1. The molecule has 0 saturated carbocycles. The topological polar surface area (TPSA) is 19.4 Å². The molecule has 0 fully saturated rings. The number of hydrogen-bond donors (Lipinski definition) is 0. The Bertz CT molecular complexity index is 825. The molecule has 0 saturated heterocycles. The van der Waals surface area contributed by atoms with Crippen LogP contribution < -0.4 is 9.80 Å². The van der Waals surface area contributed by atoms with Crippen molar-refractivity contribution in [2.75, 3.05) is 38.0 Å². The lowest BCUT2D eigenvalue weighted by Crippen LogP contribution is -2.08. The van der Waals surface area contributed by atoms with Crippen LogP contribution in [0.3, 0.4) is 0 Å². The highest BCUT2D eigenvalue weighted by Crippen LogP contribution is 2.33. The fourth-order valence-corrected chi connectivity index (χ4v) is 2.75. The molecule has 0 radical (unpaired) electrons. The average molecular weight is 300 g/mol.